The van der Waals surface area contributed by atoms with Crippen LogP contribution in [0.3, 0.4) is 0 Å². The molecule has 18 heavy (non-hydrogen) atoms. The zero-order valence-electron chi connectivity index (χ0n) is 8.58. The molecule has 3 rings (SSSR count). The molecule has 0 spiro atoms. The van der Waals surface area contributed by atoms with E-state index in [0.717, 1.165) is 16.0 Å². The number of carbonyl (C=O) groups is 1. The first-order valence-corrected chi connectivity index (χ1v) is 5.52. The number of nitrogens with zero attached hydrogens (tertiary/aromatic N) is 3. The van der Waals surface area contributed by atoms with Gasteiger partial charge in [0.2, 0.25) is 0 Å². The summed E-state index contributed by atoms with van der Waals surface area (Å²) in [6.45, 7) is 0. The predicted molar refractivity (Wildman–Crippen MR) is 62.7 cm³/mol. The first-order chi connectivity index (χ1) is 8.59. The van der Waals surface area contributed by atoms with E-state index in [-0.39, 0.29) is 10.6 Å². The number of nitrogens with one attached hydrogen (secondary N) is 1. The van der Waals surface area contributed by atoms with Gasteiger partial charge in [0.15, 0.2) is 0 Å². The number of thiophene rings is 1. The number of carboxylic acids is 1. The lowest BCUT2D eigenvalue weighted by Crippen LogP contribution is -2.10. The second-order valence-corrected chi connectivity index (χ2v) is 4.41. The number of anilines is 1. The zero-order valence-corrected chi connectivity index (χ0v) is 9.39. The smallest absolute Gasteiger partial charge is 0.348 e. The van der Waals surface area contributed by atoms with Crippen molar-refractivity contribution in [2.75, 3.05) is 5.43 Å². The van der Waals surface area contributed by atoms with Crippen LogP contribution in [0.15, 0.2) is 22.1 Å². The highest BCUT2D eigenvalue weighted by Gasteiger charge is 2.23. The van der Waals surface area contributed by atoms with Gasteiger partial charge in [-0.3, -0.25) is 15.0 Å². The minimum absolute atomic E-state index is 0.0296. The van der Waals surface area contributed by atoms with Gasteiger partial charge in [-0.1, -0.05) is 0 Å². The largest absolute Gasteiger partial charge is 0.477 e. The van der Waals surface area contributed by atoms with E-state index in [4.69, 9.17) is 5.11 Å². The molecule has 0 saturated carbocycles. The van der Waals surface area contributed by atoms with E-state index < -0.39 is 17.1 Å². The molecule has 0 unspecified atom stereocenters. The summed E-state index contributed by atoms with van der Waals surface area (Å²) >= 11 is 0.942. The van der Waals surface area contributed by atoms with Crippen LogP contribution in [0.2, 0.25) is 0 Å². The molecule has 0 aliphatic rings. The normalized spacial score (nSPS) is 11.1. The molecule has 3 aromatic heterocycles. The number of aromatic nitrogens is 3. The molecule has 0 fully saturated rings. The first-order valence-electron chi connectivity index (χ1n) is 4.70. The van der Waals surface area contributed by atoms with Crippen molar-refractivity contribution in [2.24, 2.45) is 0 Å². The number of carboxylic acid groups (broad SMARTS) is 1. The molecule has 0 aliphatic heterocycles. The average molecular weight is 264 g/mol. The maximum absolute atomic E-state index is 11.1. The van der Waals surface area contributed by atoms with Crippen molar-refractivity contribution >= 4 is 33.2 Å². The van der Waals surface area contributed by atoms with E-state index in [0.29, 0.717) is 10.2 Å². The van der Waals surface area contributed by atoms with Crippen molar-refractivity contribution in [2.45, 2.75) is 0 Å². The van der Waals surface area contributed by atoms with Crippen LogP contribution in [-0.2, 0) is 0 Å². The van der Waals surface area contributed by atoms with E-state index in [1.165, 1.54) is 12.5 Å². The van der Waals surface area contributed by atoms with E-state index >= 15 is 0 Å². The lowest BCUT2D eigenvalue weighted by molar-refractivity contribution is 0.0703. The number of hydrogen-bond acceptors (Lipinski definition) is 7. The number of fused-ring (bicyclic) bond motifs is 1. The van der Waals surface area contributed by atoms with Gasteiger partial charge in [0.25, 0.3) is 0 Å². The fourth-order valence-electron chi connectivity index (χ4n) is 1.45. The van der Waals surface area contributed by atoms with Crippen molar-refractivity contribution in [1.82, 2.24) is 14.6 Å². The zero-order chi connectivity index (χ0) is 12.9. The SMILES string of the molecule is O=C(O)c1sc2ncncc2c1Nn1c(=O)c1=O. The minimum Gasteiger partial charge on any atom is -0.477 e. The minimum atomic E-state index is -1.16. The summed E-state index contributed by atoms with van der Waals surface area (Å²) in [5.74, 6) is -1.16. The quantitative estimate of drug-likeness (QED) is 0.622. The molecule has 0 saturated heterocycles. The highest BCUT2D eigenvalue weighted by molar-refractivity contribution is 7.21. The highest BCUT2D eigenvalue weighted by Crippen LogP contribution is 2.33. The lowest BCUT2D eigenvalue weighted by Gasteiger charge is -2.00. The molecule has 8 nitrogen and oxygen atoms in total. The summed E-state index contributed by atoms with van der Waals surface area (Å²) in [6.07, 6.45) is 2.72. The summed E-state index contributed by atoms with van der Waals surface area (Å²) in [5, 5.41) is 9.52. The van der Waals surface area contributed by atoms with Gasteiger partial charge < -0.3 is 5.11 Å². The molecular weight excluding hydrogens is 260 g/mol. The van der Waals surface area contributed by atoms with Gasteiger partial charge in [-0.2, -0.15) is 4.68 Å². The van der Waals surface area contributed by atoms with Crippen molar-refractivity contribution < 1.29 is 9.90 Å². The molecule has 9 heteroatoms. The highest BCUT2D eigenvalue weighted by atomic mass is 32.1. The van der Waals surface area contributed by atoms with Crippen LogP contribution >= 0.6 is 11.3 Å². The monoisotopic (exact) mass is 264 g/mol. The van der Waals surface area contributed by atoms with Crippen LogP contribution in [0.25, 0.3) is 10.2 Å². The van der Waals surface area contributed by atoms with Crippen LogP contribution in [0.4, 0.5) is 5.69 Å². The topological polar surface area (TPSA) is 114 Å². The Kier molecular flexibility index (Phi) is 2.04. The molecular formula is C9H4N4O4S. The third-order valence-electron chi connectivity index (χ3n) is 2.33. The van der Waals surface area contributed by atoms with Gasteiger partial charge in [-0.15, -0.1) is 11.3 Å². The molecule has 0 aromatic carbocycles. The molecule has 3 aromatic rings. The van der Waals surface area contributed by atoms with E-state index in [2.05, 4.69) is 15.4 Å². The summed E-state index contributed by atoms with van der Waals surface area (Å²) < 4.78 is 0.737. The summed E-state index contributed by atoms with van der Waals surface area (Å²) in [5.41, 5.74) is 1.22. The Bertz CT molecular complexity index is 816. The number of rotatable bonds is 3. The van der Waals surface area contributed by atoms with E-state index in [1.807, 2.05) is 0 Å². The van der Waals surface area contributed by atoms with E-state index in [9.17, 15) is 14.4 Å². The van der Waals surface area contributed by atoms with Crippen molar-refractivity contribution in [1.29, 1.82) is 0 Å². The lowest BCUT2D eigenvalue weighted by atomic mass is 10.3. The Morgan fingerprint density at radius 1 is 1.39 bits per heavy atom. The second-order valence-electron chi connectivity index (χ2n) is 3.41. The maximum Gasteiger partial charge on any atom is 0.348 e. The Morgan fingerprint density at radius 2 is 2.11 bits per heavy atom. The van der Waals surface area contributed by atoms with Gasteiger partial charge >= 0.3 is 17.1 Å². The van der Waals surface area contributed by atoms with E-state index in [1.54, 1.807) is 0 Å². The fraction of sp³-hybridized carbons (Fsp3) is 0. The third kappa shape index (κ3) is 1.41. The average Bonchev–Trinajstić information content (AvgIpc) is 2.77. The van der Waals surface area contributed by atoms with Crippen molar-refractivity contribution in [3.63, 3.8) is 0 Å². The van der Waals surface area contributed by atoms with Crippen molar-refractivity contribution in [3.8, 4) is 0 Å². The third-order valence-corrected chi connectivity index (χ3v) is 3.43. The second kappa shape index (κ2) is 3.47. The standard InChI is InChI=1S/C9H4N4O4S/c14-7-8(15)13(7)12-4-3-1-10-2-11-6(3)18-5(4)9(16)17/h1-2,12H,(H,16,17). The molecule has 2 N–H and O–H groups in total. The van der Waals surface area contributed by atoms with Gasteiger partial charge in [-0.25, -0.2) is 14.8 Å². The Hall–Kier alpha value is -2.55. The molecule has 0 radical (unpaired) electrons. The molecule has 3 heterocycles. The van der Waals surface area contributed by atoms with Gasteiger partial charge in [0.05, 0.1) is 11.1 Å². The Balaban J connectivity index is 2.21. The predicted octanol–water partition coefficient (Wildman–Crippen LogP) is -0.338. The Labute approximate surface area is 102 Å². The first kappa shape index (κ1) is 10.6. The van der Waals surface area contributed by atoms with Gasteiger partial charge in [-0.05, 0) is 0 Å². The van der Waals surface area contributed by atoms with Crippen LogP contribution < -0.4 is 16.5 Å². The number of aromatic carboxylic acids is 1. The molecule has 0 bridgehead atoms. The fourth-order valence-corrected chi connectivity index (χ4v) is 2.35. The van der Waals surface area contributed by atoms with Crippen LogP contribution in [0.5, 0.6) is 0 Å². The van der Waals surface area contributed by atoms with Gasteiger partial charge in [0, 0.05) is 6.20 Å². The Morgan fingerprint density at radius 3 is 2.72 bits per heavy atom. The molecule has 0 amide bonds. The maximum atomic E-state index is 11.1. The molecule has 0 atom stereocenters. The van der Waals surface area contributed by atoms with Crippen LogP contribution in [0.1, 0.15) is 9.67 Å². The molecule has 0 aliphatic carbocycles. The summed E-state index contributed by atoms with van der Waals surface area (Å²) in [6, 6.07) is 0. The van der Waals surface area contributed by atoms with Crippen LogP contribution in [0, 0.1) is 0 Å². The summed E-state index contributed by atoms with van der Waals surface area (Å²) in [4.78, 5) is 41.0. The van der Waals surface area contributed by atoms with Gasteiger partial charge in [0.1, 0.15) is 16.0 Å². The van der Waals surface area contributed by atoms with Crippen molar-refractivity contribution in [3.05, 3.63) is 38.1 Å². The number of hydrogen-bond donors (Lipinski definition) is 2. The van der Waals surface area contributed by atoms with Crippen LogP contribution in [-0.4, -0.2) is 25.7 Å². The summed E-state index contributed by atoms with van der Waals surface area (Å²) in [7, 11) is 0. The molecule has 90 valence electrons.